The highest BCUT2D eigenvalue weighted by Gasteiger charge is 2.62. The molecule has 0 N–H and O–H groups in total. The number of carbonyl (C=O) groups excluding carboxylic acids is 2. The molecule has 5 heteroatoms. The van der Waals surface area contributed by atoms with Gasteiger partial charge in [0.15, 0.2) is 0 Å². The molecule has 1 fully saturated rings. The van der Waals surface area contributed by atoms with Crippen LogP contribution in [0, 0.1) is 17.3 Å². The van der Waals surface area contributed by atoms with E-state index in [1.54, 1.807) is 6.92 Å². The number of hydrogen-bond acceptors (Lipinski definition) is 4. The lowest BCUT2D eigenvalue weighted by Crippen LogP contribution is -2.14. The van der Waals surface area contributed by atoms with Gasteiger partial charge < -0.3 is 9.47 Å². The summed E-state index contributed by atoms with van der Waals surface area (Å²) in [7, 11) is 0. The average molecular weight is 400 g/mol. The molecule has 1 saturated carbocycles. The van der Waals surface area contributed by atoms with Gasteiger partial charge in [0.1, 0.15) is 6.10 Å². The molecule has 4 nitrogen and oxygen atoms in total. The lowest BCUT2D eigenvalue weighted by Gasteiger charge is -2.15. The van der Waals surface area contributed by atoms with E-state index < -0.39 is 23.1 Å². The Labute approximate surface area is 171 Å². The average Bonchev–Trinajstić information content (AvgIpc) is 2.97. The standard InChI is InChI=1S/C24H29FO4/c1-6-28-22(26)19(25)13-18-21(24(18,4)5)23(27)29-20-11-10-16-15(12-14(2)3)8-7-9-17(16)20/h7-9,13,18,20-21H,2,6,10-12H2,1,3-5H3/t18-,20?,21-/m0/s1. The fourth-order valence-electron chi connectivity index (χ4n) is 4.38. The molecule has 2 aliphatic rings. The molecule has 156 valence electrons. The number of rotatable bonds is 7. The molecular formula is C24H29FO4. The van der Waals surface area contributed by atoms with Crippen molar-refractivity contribution in [1.82, 2.24) is 0 Å². The number of esters is 2. The van der Waals surface area contributed by atoms with Gasteiger partial charge in [0, 0.05) is 0 Å². The van der Waals surface area contributed by atoms with E-state index in [1.807, 2.05) is 32.9 Å². The minimum atomic E-state index is -0.989. The molecule has 1 unspecified atom stereocenters. The van der Waals surface area contributed by atoms with Crippen LogP contribution in [0.5, 0.6) is 0 Å². The first-order chi connectivity index (χ1) is 13.7. The summed E-state index contributed by atoms with van der Waals surface area (Å²) in [6, 6.07) is 6.10. The van der Waals surface area contributed by atoms with Crippen LogP contribution in [-0.4, -0.2) is 18.5 Å². The van der Waals surface area contributed by atoms with Crippen LogP contribution in [-0.2, 0) is 31.9 Å². The number of fused-ring (bicyclic) bond motifs is 1. The molecule has 3 atom stereocenters. The van der Waals surface area contributed by atoms with Gasteiger partial charge in [-0.1, -0.05) is 44.2 Å². The quantitative estimate of drug-likeness (QED) is 0.366. The molecule has 2 aliphatic carbocycles. The maximum absolute atomic E-state index is 14.0. The highest BCUT2D eigenvalue weighted by molar-refractivity contribution is 5.87. The largest absolute Gasteiger partial charge is 0.461 e. The van der Waals surface area contributed by atoms with E-state index in [9.17, 15) is 14.0 Å². The van der Waals surface area contributed by atoms with Crippen LogP contribution in [0.1, 0.15) is 56.9 Å². The van der Waals surface area contributed by atoms with Gasteiger partial charge in [-0.05, 0) is 67.2 Å². The van der Waals surface area contributed by atoms with Crippen molar-refractivity contribution < 1.29 is 23.5 Å². The summed E-state index contributed by atoms with van der Waals surface area (Å²) in [5, 5.41) is 0. The normalized spacial score (nSPS) is 24.6. The fourth-order valence-corrected chi connectivity index (χ4v) is 4.38. The number of hydrogen-bond donors (Lipinski definition) is 0. The van der Waals surface area contributed by atoms with Crippen LogP contribution < -0.4 is 0 Å². The molecule has 0 amide bonds. The van der Waals surface area contributed by atoms with Crippen molar-refractivity contribution in [2.45, 2.75) is 53.1 Å². The first kappa shape index (κ1) is 21.3. The van der Waals surface area contributed by atoms with E-state index >= 15 is 0 Å². The lowest BCUT2D eigenvalue weighted by atomic mass is 9.98. The van der Waals surface area contributed by atoms with E-state index in [-0.39, 0.29) is 24.6 Å². The van der Waals surface area contributed by atoms with Gasteiger partial charge in [-0.3, -0.25) is 4.79 Å². The number of ether oxygens (including phenoxy) is 2. The van der Waals surface area contributed by atoms with Crippen LogP contribution in [0.2, 0.25) is 0 Å². The molecule has 0 saturated heterocycles. The second-order valence-corrected chi connectivity index (χ2v) is 8.64. The van der Waals surface area contributed by atoms with Crippen molar-refractivity contribution in [3.8, 4) is 0 Å². The van der Waals surface area contributed by atoms with Gasteiger partial charge in [0.2, 0.25) is 5.83 Å². The van der Waals surface area contributed by atoms with Gasteiger partial charge in [-0.2, -0.15) is 4.39 Å². The van der Waals surface area contributed by atoms with Crippen molar-refractivity contribution in [2.24, 2.45) is 17.3 Å². The molecule has 0 aliphatic heterocycles. The predicted molar refractivity (Wildman–Crippen MR) is 109 cm³/mol. The van der Waals surface area contributed by atoms with Gasteiger partial charge in [0.05, 0.1) is 12.5 Å². The van der Waals surface area contributed by atoms with Crippen molar-refractivity contribution >= 4 is 11.9 Å². The highest BCUT2D eigenvalue weighted by Crippen LogP contribution is 2.60. The topological polar surface area (TPSA) is 52.6 Å². The number of benzene rings is 1. The number of allylic oxidation sites excluding steroid dienone is 2. The molecule has 0 bridgehead atoms. The lowest BCUT2D eigenvalue weighted by molar-refractivity contribution is -0.152. The summed E-state index contributed by atoms with van der Waals surface area (Å²) in [4.78, 5) is 24.4. The van der Waals surface area contributed by atoms with Crippen LogP contribution in [0.4, 0.5) is 4.39 Å². The predicted octanol–water partition coefficient (Wildman–Crippen LogP) is 5.02. The van der Waals surface area contributed by atoms with Crippen LogP contribution in [0.15, 0.2) is 42.3 Å². The van der Waals surface area contributed by atoms with Crippen molar-refractivity contribution in [1.29, 1.82) is 0 Å². The van der Waals surface area contributed by atoms with Gasteiger partial charge in [-0.15, -0.1) is 0 Å². The zero-order valence-corrected chi connectivity index (χ0v) is 17.6. The first-order valence-corrected chi connectivity index (χ1v) is 10.2. The first-order valence-electron chi connectivity index (χ1n) is 10.2. The summed E-state index contributed by atoms with van der Waals surface area (Å²) in [5.74, 6) is -3.12. The van der Waals surface area contributed by atoms with E-state index in [0.717, 1.165) is 30.4 Å². The summed E-state index contributed by atoms with van der Waals surface area (Å²) in [5.41, 5.74) is 4.17. The van der Waals surface area contributed by atoms with E-state index in [4.69, 9.17) is 4.74 Å². The summed E-state index contributed by atoms with van der Waals surface area (Å²) < 4.78 is 24.6. The number of halogens is 1. The maximum atomic E-state index is 14.0. The Bertz CT molecular complexity index is 868. The Hall–Kier alpha value is -2.43. The molecule has 0 heterocycles. The Morgan fingerprint density at radius 3 is 2.72 bits per heavy atom. The van der Waals surface area contributed by atoms with Gasteiger partial charge in [-0.25, -0.2) is 4.79 Å². The maximum Gasteiger partial charge on any atom is 0.366 e. The summed E-state index contributed by atoms with van der Waals surface area (Å²) in [6.07, 6.45) is 3.36. The molecule has 1 aromatic rings. The Morgan fingerprint density at radius 1 is 1.34 bits per heavy atom. The van der Waals surface area contributed by atoms with Gasteiger partial charge >= 0.3 is 11.9 Å². The third-order valence-electron chi connectivity index (χ3n) is 6.02. The monoisotopic (exact) mass is 400 g/mol. The summed E-state index contributed by atoms with van der Waals surface area (Å²) in [6.45, 7) is 11.5. The summed E-state index contributed by atoms with van der Waals surface area (Å²) >= 11 is 0. The van der Waals surface area contributed by atoms with Crippen LogP contribution >= 0.6 is 0 Å². The van der Waals surface area contributed by atoms with Crippen molar-refractivity contribution in [2.75, 3.05) is 6.61 Å². The molecular weight excluding hydrogens is 371 g/mol. The van der Waals surface area contributed by atoms with Crippen molar-refractivity contribution in [3.63, 3.8) is 0 Å². The van der Waals surface area contributed by atoms with E-state index in [1.165, 1.54) is 17.2 Å². The Morgan fingerprint density at radius 2 is 2.07 bits per heavy atom. The zero-order valence-electron chi connectivity index (χ0n) is 17.6. The Kier molecular flexibility index (Phi) is 5.97. The van der Waals surface area contributed by atoms with E-state index in [2.05, 4.69) is 17.4 Å². The van der Waals surface area contributed by atoms with Crippen molar-refractivity contribution in [3.05, 3.63) is 58.9 Å². The van der Waals surface area contributed by atoms with E-state index in [0.29, 0.717) is 0 Å². The van der Waals surface area contributed by atoms with Gasteiger partial charge in [0.25, 0.3) is 0 Å². The molecule has 0 spiro atoms. The third-order valence-corrected chi connectivity index (χ3v) is 6.02. The smallest absolute Gasteiger partial charge is 0.366 e. The molecule has 1 aromatic carbocycles. The zero-order chi connectivity index (χ0) is 21.3. The second kappa shape index (κ2) is 8.13. The molecule has 29 heavy (non-hydrogen) atoms. The molecule has 3 rings (SSSR count). The third kappa shape index (κ3) is 4.29. The Balaban J connectivity index is 1.70. The minimum absolute atomic E-state index is 0.105. The second-order valence-electron chi connectivity index (χ2n) is 8.64. The minimum Gasteiger partial charge on any atom is -0.461 e. The SMILES string of the molecule is C=C(C)Cc1cccc2c1CCC2OC(=O)[C@@H]1[C@H](C=C(F)C(=O)OCC)C1(C)C. The van der Waals surface area contributed by atoms with Crippen LogP contribution in [0.3, 0.4) is 0 Å². The molecule has 0 aromatic heterocycles. The highest BCUT2D eigenvalue weighted by atomic mass is 19.1. The van der Waals surface area contributed by atoms with Crippen LogP contribution in [0.25, 0.3) is 0 Å². The molecule has 0 radical (unpaired) electrons. The fraction of sp³-hybridized carbons (Fsp3) is 0.500. The number of carbonyl (C=O) groups is 2.